The van der Waals surface area contributed by atoms with Crippen molar-refractivity contribution in [3.05, 3.63) is 46.2 Å². The van der Waals surface area contributed by atoms with Gasteiger partial charge in [0.2, 0.25) is 17.7 Å². The third-order valence-electron chi connectivity index (χ3n) is 5.67. The first-order chi connectivity index (χ1) is 16.1. The molecule has 3 rings (SSSR count). The predicted molar refractivity (Wildman–Crippen MR) is 128 cm³/mol. The van der Waals surface area contributed by atoms with Crippen LogP contribution in [-0.2, 0) is 37.1 Å². The molecule has 184 valence electrons. The summed E-state index contributed by atoms with van der Waals surface area (Å²) in [4.78, 5) is 40.1. The molecule has 1 aromatic heterocycles. The first-order valence-corrected chi connectivity index (χ1v) is 13.5. The van der Waals surface area contributed by atoms with Crippen molar-refractivity contribution < 1.29 is 28.0 Å². The number of carbonyl (C=O) groups excluding carboxylic acids is 3. The Morgan fingerprint density at radius 3 is 2.47 bits per heavy atom. The van der Waals surface area contributed by atoms with E-state index in [1.54, 1.807) is 24.3 Å². The minimum atomic E-state index is -4.02. The standard InChI is InChI=1S/C23H29N3O6S2/c1-14(2)9-19-21(17(25-30)12-33-19)34(31,32)13-16-11-20(27)26(23(16)29)18(22(28)24-3)10-15-7-5-4-6-8-15/h4-8,12,14,16,18,25,30H,9-11,13H2,1-3H3,(H,24,28)/t16?,18-/m0/s1. The molecule has 1 aliphatic heterocycles. The van der Waals surface area contributed by atoms with E-state index in [0.717, 1.165) is 10.5 Å². The SMILES string of the molecule is CNC(=O)[C@H](Cc1ccccc1)N1C(=O)CC(CS(=O)(=O)c2c(NO)csc2CC(C)C)C1=O. The molecule has 0 spiro atoms. The molecule has 9 nitrogen and oxygen atoms in total. The van der Waals surface area contributed by atoms with Gasteiger partial charge in [-0.05, 0) is 17.9 Å². The lowest BCUT2D eigenvalue weighted by Gasteiger charge is -2.25. The second-order valence-corrected chi connectivity index (χ2v) is 11.7. The Kier molecular flexibility index (Phi) is 8.11. The van der Waals surface area contributed by atoms with Crippen molar-refractivity contribution in [3.8, 4) is 0 Å². The first-order valence-electron chi connectivity index (χ1n) is 10.9. The number of imide groups is 1. The van der Waals surface area contributed by atoms with E-state index in [-0.39, 0.29) is 29.3 Å². The molecule has 1 unspecified atom stereocenters. The molecule has 3 amide bonds. The van der Waals surface area contributed by atoms with Gasteiger partial charge in [-0.1, -0.05) is 44.2 Å². The molecule has 1 aliphatic rings. The summed E-state index contributed by atoms with van der Waals surface area (Å²) >= 11 is 1.21. The van der Waals surface area contributed by atoms with Crippen molar-refractivity contribution >= 4 is 44.6 Å². The fourth-order valence-electron chi connectivity index (χ4n) is 4.14. The van der Waals surface area contributed by atoms with Crippen LogP contribution in [0.1, 0.15) is 30.7 Å². The number of rotatable bonds is 10. The fourth-order valence-corrected chi connectivity index (χ4v) is 7.65. The first kappa shape index (κ1) is 25.9. The molecule has 11 heteroatoms. The average Bonchev–Trinajstić information content (AvgIpc) is 3.32. The minimum Gasteiger partial charge on any atom is -0.357 e. The number of benzene rings is 1. The Bertz CT molecular complexity index is 1160. The summed E-state index contributed by atoms with van der Waals surface area (Å²) in [5.74, 6) is -3.29. The number of sulfone groups is 1. The summed E-state index contributed by atoms with van der Waals surface area (Å²) in [6, 6.07) is 7.91. The van der Waals surface area contributed by atoms with Gasteiger partial charge in [0, 0.05) is 30.1 Å². The van der Waals surface area contributed by atoms with Crippen LogP contribution in [0.5, 0.6) is 0 Å². The number of nitrogens with one attached hydrogen (secondary N) is 2. The van der Waals surface area contributed by atoms with Gasteiger partial charge in [0.15, 0.2) is 9.84 Å². The number of likely N-dealkylation sites (N-methyl/N-ethyl adjacent to an activating group) is 1. The summed E-state index contributed by atoms with van der Waals surface area (Å²) in [6.07, 6.45) is 0.311. The van der Waals surface area contributed by atoms with Gasteiger partial charge in [-0.25, -0.2) is 8.42 Å². The lowest BCUT2D eigenvalue weighted by Crippen LogP contribution is -2.50. The molecule has 0 saturated carbocycles. The molecule has 3 N–H and O–H groups in total. The lowest BCUT2D eigenvalue weighted by atomic mass is 10.0. The van der Waals surface area contributed by atoms with Crippen LogP contribution in [0.4, 0.5) is 5.69 Å². The van der Waals surface area contributed by atoms with Crippen LogP contribution in [0.2, 0.25) is 0 Å². The van der Waals surface area contributed by atoms with Gasteiger partial charge in [0.05, 0.1) is 17.4 Å². The molecule has 0 radical (unpaired) electrons. The monoisotopic (exact) mass is 507 g/mol. The normalized spacial score (nSPS) is 17.3. The zero-order valence-corrected chi connectivity index (χ0v) is 20.9. The third-order valence-corrected chi connectivity index (χ3v) is 8.74. The zero-order valence-electron chi connectivity index (χ0n) is 19.3. The molecular formula is C23H29N3O6S2. The number of carbonyl (C=O) groups is 3. The molecule has 1 fully saturated rings. The predicted octanol–water partition coefficient (Wildman–Crippen LogP) is 2.25. The summed E-state index contributed by atoms with van der Waals surface area (Å²) in [5, 5.41) is 13.5. The summed E-state index contributed by atoms with van der Waals surface area (Å²) in [6.45, 7) is 3.90. The molecule has 2 atom stereocenters. The van der Waals surface area contributed by atoms with E-state index < -0.39 is 45.3 Å². The fraction of sp³-hybridized carbons (Fsp3) is 0.435. The Labute approximate surface area is 203 Å². The van der Waals surface area contributed by atoms with Crippen molar-refractivity contribution in [2.24, 2.45) is 11.8 Å². The van der Waals surface area contributed by atoms with Gasteiger partial charge in [0.25, 0.3) is 0 Å². The second-order valence-electron chi connectivity index (χ2n) is 8.72. The van der Waals surface area contributed by atoms with Crippen LogP contribution in [0, 0.1) is 11.8 Å². The highest BCUT2D eigenvalue weighted by Crippen LogP contribution is 2.36. The van der Waals surface area contributed by atoms with Crippen LogP contribution in [0.15, 0.2) is 40.6 Å². The van der Waals surface area contributed by atoms with Gasteiger partial charge < -0.3 is 5.32 Å². The van der Waals surface area contributed by atoms with Crippen molar-refractivity contribution in [1.82, 2.24) is 10.2 Å². The van der Waals surface area contributed by atoms with Gasteiger partial charge in [-0.2, -0.15) is 0 Å². The Hall–Kier alpha value is -2.76. The van der Waals surface area contributed by atoms with Crippen molar-refractivity contribution in [2.75, 3.05) is 18.3 Å². The number of hydrogen-bond acceptors (Lipinski definition) is 8. The zero-order chi connectivity index (χ0) is 25.0. The quantitative estimate of drug-likeness (QED) is 0.332. The number of anilines is 1. The maximum absolute atomic E-state index is 13.3. The Morgan fingerprint density at radius 2 is 1.88 bits per heavy atom. The molecule has 0 bridgehead atoms. The lowest BCUT2D eigenvalue weighted by molar-refractivity contribution is -0.147. The van der Waals surface area contributed by atoms with Crippen LogP contribution in [0.3, 0.4) is 0 Å². The van der Waals surface area contributed by atoms with Crippen LogP contribution in [-0.4, -0.2) is 55.1 Å². The van der Waals surface area contributed by atoms with Gasteiger partial charge >= 0.3 is 0 Å². The maximum atomic E-state index is 13.3. The second kappa shape index (κ2) is 10.7. The summed E-state index contributed by atoms with van der Waals surface area (Å²) in [5.41, 5.74) is 2.76. The highest BCUT2D eigenvalue weighted by molar-refractivity contribution is 7.91. The van der Waals surface area contributed by atoms with E-state index in [2.05, 4.69) is 5.32 Å². The molecule has 1 aromatic carbocycles. The Morgan fingerprint density at radius 1 is 1.21 bits per heavy atom. The van der Waals surface area contributed by atoms with Crippen LogP contribution >= 0.6 is 11.3 Å². The van der Waals surface area contributed by atoms with E-state index in [1.165, 1.54) is 23.8 Å². The van der Waals surface area contributed by atoms with E-state index in [9.17, 15) is 28.0 Å². The average molecular weight is 508 g/mol. The molecular weight excluding hydrogens is 478 g/mol. The van der Waals surface area contributed by atoms with Crippen molar-refractivity contribution in [1.29, 1.82) is 0 Å². The number of amides is 3. The van der Waals surface area contributed by atoms with E-state index in [4.69, 9.17) is 0 Å². The summed E-state index contributed by atoms with van der Waals surface area (Å²) in [7, 11) is -2.60. The smallest absolute Gasteiger partial charge is 0.243 e. The van der Waals surface area contributed by atoms with E-state index in [0.29, 0.717) is 11.3 Å². The number of thiophene rings is 1. The van der Waals surface area contributed by atoms with Gasteiger partial charge in [0.1, 0.15) is 10.9 Å². The number of hydrogen-bond donors (Lipinski definition) is 3. The third kappa shape index (κ3) is 5.48. The maximum Gasteiger partial charge on any atom is 0.243 e. The van der Waals surface area contributed by atoms with Crippen LogP contribution < -0.4 is 10.8 Å². The summed E-state index contributed by atoms with van der Waals surface area (Å²) < 4.78 is 26.7. The van der Waals surface area contributed by atoms with Crippen molar-refractivity contribution in [2.45, 2.75) is 44.0 Å². The van der Waals surface area contributed by atoms with Crippen molar-refractivity contribution in [3.63, 3.8) is 0 Å². The van der Waals surface area contributed by atoms with E-state index in [1.807, 2.05) is 25.4 Å². The number of nitrogens with zero attached hydrogens (tertiary/aromatic N) is 1. The van der Waals surface area contributed by atoms with Crippen LogP contribution in [0.25, 0.3) is 0 Å². The molecule has 2 aromatic rings. The molecule has 34 heavy (non-hydrogen) atoms. The topological polar surface area (TPSA) is 133 Å². The highest BCUT2D eigenvalue weighted by Gasteiger charge is 2.46. The largest absolute Gasteiger partial charge is 0.357 e. The number of likely N-dealkylation sites (tertiary alicyclic amines) is 1. The molecule has 1 saturated heterocycles. The van der Waals surface area contributed by atoms with E-state index >= 15 is 0 Å². The minimum absolute atomic E-state index is 0.0421. The molecule has 2 heterocycles. The Balaban J connectivity index is 1.88. The van der Waals surface area contributed by atoms with Gasteiger partial charge in [-0.15, -0.1) is 11.3 Å². The van der Waals surface area contributed by atoms with Gasteiger partial charge in [-0.3, -0.25) is 30.0 Å². The highest BCUT2D eigenvalue weighted by atomic mass is 32.2. The molecule has 0 aliphatic carbocycles.